The zero-order valence-electron chi connectivity index (χ0n) is 8.38. The van der Waals surface area contributed by atoms with Gasteiger partial charge in [-0.05, 0) is 54.7 Å². The van der Waals surface area contributed by atoms with Crippen LogP contribution >= 0.6 is 11.3 Å². The Morgan fingerprint density at radius 2 is 2.23 bits per heavy atom. The molecule has 0 aromatic carbocycles. The molecule has 2 heteroatoms. The second-order valence-corrected chi connectivity index (χ2v) is 4.08. The van der Waals surface area contributed by atoms with Gasteiger partial charge in [-0.25, -0.2) is 0 Å². The molecule has 1 aromatic heterocycles. The summed E-state index contributed by atoms with van der Waals surface area (Å²) in [5.74, 6) is 0. The molecule has 1 heterocycles. The monoisotopic (exact) mass is 197 g/mol. The Morgan fingerprint density at radius 3 is 2.92 bits per heavy atom. The molecule has 0 fully saturated rings. The number of thiophene rings is 1. The average Bonchev–Trinajstić information content (AvgIpc) is 2.63. The Morgan fingerprint density at radius 1 is 1.31 bits per heavy atom. The van der Waals surface area contributed by atoms with Crippen molar-refractivity contribution in [3.8, 4) is 0 Å². The highest BCUT2D eigenvalue weighted by Crippen LogP contribution is 2.10. The number of rotatable bonds is 7. The van der Waals surface area contributed by atoms with Crippen molar-refractivity contribution in [2.75, 3.05) is 13.1 Å². The number of aryl methyl sites for hydroxylation is 1. The summed E-state index contributed by atoms with van der Waals surface area (Å²) in [7, 11) is 0. The first-order valence-corrected chi connectivity index (χ1v) is 6.09. The van der Waals surface area contributed by atoms with Crippen LogP contribution in [0.5, 0.6) is 0 Å². The normalized spacial score (nSPS) is 10.5. The van der Waals surface area contributed by atoms with Crippen LogP contribution in [0.4, 0.5) is 0 Å². The lowest BCUT2D eigenvalue weighted by molar-refractivity contribution is 0.617. The van der Waals surface area contributed by atoms with E-state index in [9.17, 15) is 0 Å². The summed E-state index contributed by atoms with van der Waals surface area (Å²) in [6.07, 6.45) is 5.26. The van der Waals surface area contributed by atoms with E-state index in [2.05, 4.69) is 29.1 Å². The third-order valence-electron chi connectivity index (χ3n) is 2.15. The summed E-state index contributed by atoms with van der Waals surface area (Å²) in [6.45, 7) is 4.44. The molecule has 0 saturated carbocycles. The van der Waals surface area contributed by atoms with E-state index in [0.717, 1.165) is 6.54 Å². The molecule has 0 radical (unpaired) electrons. The molecule has 0 aliphatic rings. The molecule has 1 N–H and O–H groups in total. The van der Waals surface area contributed by atoms with E-state index in [0.29, 0.717) is 0 Å². The van der Waals surface area contributed by atoms with Gasteiger partial charge in [-0.15, -0.1) is 0 Å². The molecule has 1 aromatic rings. The maximum atomic E-state index is 3.34. The van der Waals surface area contributed by atoms with Crippen molar-refractivity contribution >= 4 is 11.3 Å². The van der Waals surface area contributed by atoms with Gasteiger partial charge in [0.05, 0.1) is 0 Å². The first-order valence-electron chi connectivity index (χ1n) is 5.15. The molecule has 0 atom stereocenters. The zero-order valence-corrected chi connectivity index (χ0v) is 9.20. The summed E-state index contributed by atoms with van der Waals surface area (Å²) in [5, 5.41) is 7.76. The zero-order chi connectivity index (χ0) is 9.36. The van der Waals surface area contributed by atoms with Gasteiger partial charge in [0.25, 0.3) is 0 Å². The van der Waals surface area contributed by atoms with Crippen LogP contribution in [-0.4, -0.2) is 13.1 Å². The van der Waals surface area contributed by atoms with E-state index in [4.69, 9.17) is 0 Å². The highest BCUT2D eigenvalue weighted by molar-refractivity contribution is 7.07. The van der Waals surface area contributed by atoms with E-state index >= 15 is 0 Å². The van der Waals surface area contributed by atoms with Crippen molar-refractivity contribution in [1.82, 2.24) is 5.32 Å². The molecule has 13 heavy (non-hydrogen) atoms. The van der Waals surface area contributed by atoms with Crippen LogP contribution in [0.25, 0.3) is 0 Å². The van der Waals surface area contributed by atoms with Crippen molar-refractivity contribution in [3.63, 3.8) is 0 Å². The van der Waals surface area contributed by atoms with Crippen molar-refractivity contribution in [3.05, 3.63) is 22.4 Å². The van der Waals surface area contributed by atoms with Crippen LogP contribution in [0.1, 0.15) is 31.7 Å². The number of unbranched alkanes of at least 4 members (excludes halogenated alkanes) is 2. The fourth-order valence-electron chi connectivity index (χ4n) is 1.37. The third kappa shape index (κ3) is 5.06. The lowest BCUT2D eigenvalue weighted by Gasteiger charge is -2.00. The highest BCUT2D eigenvalue weighted by atomic mass is 32.1. The van der Waals surface area contributed by atoms with Gasteiger partial charge in [-0.2, -0.15) is 11.3 Å². The van der Waals surface area contributed by atoms with Crippen LogP contribution in [0.2, 0.25) is 0 Å². The van der Waals surface area contributed by atoms with E-state index < -0.39 is 0 Å². The van der Waals surface area contributed by atoms with Crippen molar-refractivity contribution < 1.29 is 0 Å². The van der Waals surface area contributed by atoms with E-state index in [-0.39, 0.29) is 0 Å². The molecule has 0 aliphatic heterocycles. The van der Waals surface area contributed by atoms with Gasteiger partial charge < -0.3 is 5.32 Å². The molecular weight excluding hydrogens is 178 g/mol. The molecule has 0 bridgehead atoms. The Kier molecular flexibility index (Phi) is 5.87. The van der Waals surface area contributed by atoms with Gasteiger partial charge in [-0.1, -0.05) is 13.3 Å². The van der Waals surface area contributed by atoms with E-state index in [1.54, 1.807) is 11.3 Å². The van der Waals surface area contributed by atoms with Gasteiger partial charge in [0, 0.05) is 0 Å². The molecule has 74 valence electrons. The lowest BCUT2D eigenvalue weighted by Crippen LogP contribution is -2.13. The smallest absolute Gasteiger partial charge is 0.00490 e. The molecule has 0 unspecified atom stereocenters. The van der Waals surface area contributed by atoms with Gasteiger partial charge >= 0.3 is 0 Å². The molecule has 0 saturated heterocycles. The van der Waals surface area contributed by atoms with Crippen LogP contribution in [0, 0.1) is 0 Å². The van der Waals surface area contributed by atoms with Gasteiger partial charge in [-0.3, -0.25) is 0 Å². The van der Waals surface area contributed by atoms with Crippen LogP contribution in [0.3, 0.4) is 0 Å². The SMILES string of the molecule is CCNCCCCCc1ccsc1. The molecule has 1 rings (SSSR count). The summed E-state index contributed by atoms with van der Waals surface area (Å²) in [4.78, 5) is 0. The Hall–Kier alpha value is -0.340. The largest absolute Gasteiger partial charge is 0.317 e. The predicted molar refractivity (Wildman–Crippen MR) is 60.4 cm³/mol. The van der Waals surface area contributed by atoms with Gasteiger partial charge in [0.2, 0.25) is 0 Å². The minimum absolute atomic E-state index is 1.10. The number of hydrogen-bond acceptors (Lipinski definition) is 2. The molecular formula is C11H19NS. The summed E-state index contributed by atoms with van der Waals surface area (Å²) >= 11 is 1.80. The Balaban J connectivity index is 1.90. The van der Waals surface area contributed by atoms with Crippen molar-refractivity contribution in [2.45, 2.75) is 32.6 Å². The minimum Gasteiger partial charge on any atom is -0.317 e. The highest BCUT2D eigenvalue weighted by Gasteiger charge is 1.93. The Labute approximate surface area is 85.2 Å². The van der Waals surface area contributed by atoms with Gasteiger partial charge in [0.1, 0.15) is 0 Å². The van der Waals surface area contributed by atoms with Crippen LogP contribution < -0.4 is 5.32 Å². The fraction of sp³-hybridized carbons (Fsp3) is 0.636. The summed E-state index contributed by atoms with van der Waals surface area (Å²) < 4.78 is 0. The first-order chi connectivity index (χ1) is 6.43. The first kappa shape index (κ1) is 10.7. The van der Waals surface area contributed by atoms with Crippen molar-refractivity contribution in [1.29, 1.82) is 0 Å². The second-order valence-electron chi connectivity index (χ2n) is 3.30. The van der Waals surface area contributed by atoms with Crippen molar-refractivity contribution in [2.24, 2.45) is 0 Å². The number of hydrogen-bond donors (Lipinski definition) is 1. The molecule has 1 nitrogen and oxygen atoms in total. The molecule has 0 amide bonds. The topological polar surface area (TPSA) is 12.0 Å². The second kappa shape index (κ2) is 7.10. The maximum Gasteiger partial charge on any atom is -0.00490 e. The predicted octanol–water partition coefficient (Wildman–Crippen LogP) is 3.07. The lowest BCUT2D eigenvalue weighted by atomic mass is 10.1. The van der Waals surface area contributed by atoms with Gasteiger partial charge in [0.15, 0.2) is 0 Å². The molecule has 0 aliphatic carbocycles. The minimum atomic E-state index is 1.10. The maximum absolute atomic E-state index is 3.34. The number of nitrogens with one attached hydrogen (secondary N) is 1. The summed E-state index contributed by atoms with van der Waals surface area (Å²) in [6, 6.07) is 2.23. The molecule has 0 spiro atoms. The van der Waals surface area contributed by atoms with Crippen LogP contribution in [0.15, 0.2) is 16.8 Å². The average molecular weight is 197 g/mol. The standard InChI is InChI=1S/C11H19NS/c1-2-12-8-5-3-4-6-11-7-9-13-10-11/h7,9-10,12H,2-6,8H2,1H3. The van der Waals surface area contributed by atoms with E-state index in [1.807, 2.05) is 0 Å². The third-order valence-corrected chi connectivity index (χ3v) is 2.88. The summed E-state index contributed by atoms with van der Waals surface area (Å²) in [5.41, 5.74) is 1.51. The quantitative estimate of drug-likeness (QED) is 0.662. The van der Waals surface area contributed by atoms with Crippen LogP contribution in [-0.2, 0) is 6.42 Å². The van der Waals surface area contributed by atoms with E-state index in [1.165, 1.54) is 37.8 Å². The fourth-order valence-corrected chi connectivity index (χ4v) is 2.07. The Bertz CT molecular complexity index is 194.